The van der Waals surface area contributed by atoms with Gasteiger partial charge in [0.15, 0.2) is 5.76 Å². The van der Waals surface area contributed by atoms with Crippen molar-refractivity contribution in [1.82, 2.24) is 9.88 Å². The zero-order valence-corrected chi connectivity index (χ0v) is 10.9. The summed E-state index contributed by atoms with van der Waals surface area (Å²) in [5.41, 5.74) is 0.870. The van der Waals surface area contributed by atoms with Crippen LogP contribution in [0.4, 0.5) is 0 Å². The highest BCUT2D eigenvalue weighted by Crippen LogP contribution is 2.17. The van der Waals surface area contributed by atoms with Crippen LogP contribution in [0.3, 0.4) is 0 Å². The number of hydrogen-bond donors (Lipinski definition) is 1. The third-order valence-electron chi connectivity index (χ3n) is 2.53. The van der Waals surface area contributed by atoms with Gasteiger partial charge in [0.25, 0.3) is 0 Å². The van der Waals surface area contributed by atoms with Gasteiger partial charge < -0.3 is 4.52 Å². The minimum Gasteiger partial charge on any atom is -0.360 e. The molecule has 98 valence electrons. The molecule has 0 amide bonds. The minimum atomic E-state index is -3.69. The zero-order chi connectivity index (χ0) is 13.9. The molecule has 0 aliphatic heterocycles. The van der Waals surface area contributed by atoms with E-state index in [0.29, 0.717) is 16.9 Å². The summed E-state index contributed by atoms with van der Waals surface area (Å²) in [6.07, 6.45) is 1.44. The Morgan fingerprint density at radius 3 is 2.84 bits per heavy atom. The van der Waals surface area contributed by atoms with Gasteiger partial charge in [0, 0.05) is 6.07 Å². The Morgan fingerprint density at radius 2 is 2.21 bits per heavy atom. The summed E-state index contributed by atoms with van der Waals surface area (Å²) in [7, 11) is -3.69. The average Bonchev–Trinajstić information content (AvgIpc) is 2.90. The van der Waals surface area contributed by atoms with Crippen LogP contribution in [0.15, 0.2) is 39.9 Å². The third kappa shape index (κ3) is 2.99. The fourth-order valence-electron chi connectivity index (χ4n) is 1.54. The highest BCUT2D eigenvalue weighted by Gasteiger charge is 2.17. The average molecular weight is 277 g/mol. The molecule has 0 spiro atoms. The zero-order valence-electron chi connectivity index (χ0n) is 10.1. The second-order valence-electron chi connectivity index (χ2n) is 3.90. The lowest BCUT2D eigenvalue weighted by atomic mass is 10.2. The van der Waals surface area contributed by atoms with E-state index in [4.69, 9.17) is 9.78 Å². The van der Waals surface area contributed by atoms with E-state index in [1.54, 1.807) is 25.1 Å². The lowest BCUT2D eigenvalue weighted by Gasteiger charge is -2.08. The van der Waals surface area contributed by atoms with Crippen LogP contribution in [0.2, 0.25) is 0 Å². The number of nitrogens with one attached hydrogen (secondary N) is 1. The maximum absolute atomic E-state index is 12.1. The second kappa shape index (κ2) is 5.22. The third-order valence-corrected chi connectivity index (χ3v) is 4.08. The van der Waals surface area contributed by atoms with E-state index in [2.05, 4.69) is 9.88 Å². The topological polar surface area (TPSA) is 96.0 Å². The molecular formula is C12H11N3O3S. The fourth-order valence-corrected chi connectivity index (χ4v) is 2.80. The van der Waals surface area contributed by atoms with E-state index < -0.39 is 10.0 Å². The molecule has 1 aromatic heterocycles. The lowest BCUT2D eigenvalue weighted by molar-refractivity contribution is 0.380. The summed E-state index contributed by atoms with van der Waals surface area (Å²) in [5, 5.41) is 12.3. The Hall–Kier alpha value is -2.17. The maximum Gasteiger partial charge on any atom is 0.241 e. The number of nitriles is 1. The molecule has 19 heavy (non-hydrogen) atoms. The van der Waals surface area contributed by atoms with E-state index in [-0.39, 0.29) is 11.4 Å². The first kappa shape index (κ1) is 13.3. The van der Waals surface area contributed by atoms with E-state index in [1.807, 2.05) is 6.07 Å². The molecule has 2 rings (SSSR count). The summed E-state index contributed by atoms with van der Waals surface area (Å²) >= 11 is 0. The molecule has 6 nitrogen and oxygen atoms in total. The van der Waals surface area contributed by atoms with Crippen molar-refractivity contribution in [3.05, 3.63) is 47.3 Å². The highest BCUT2D eigenvalue weighted by molar-refractivity contribution is 7.89. The van der Waals surface area contributed by atoms with Crippen molar-refractivity contribution in [3.8, 4) is 6.07 Å². The van der Waals surface area contributed by atoms with Crippen molar-refractivity contribution in [3.63, 3.8) is 0 Å². The van der Waals surface area contributed by atoms with Crippen LogP contribution in [0.25, 0.3) is 0 Å². The minimum absolute atomic E-state index is 0.0125. The van der Waals surface area contributed by atoms with Crippen molar-refractivity contribution in [1.29, 1.82) is 5.26 Å². The molecule has 0 radical (unpaired) electrons. The summed E-state index contributed by atoms with van der Waals surface area (Å²) in [6, 6.07) is 8.00. The highest BCUT2D eigenvalue weighted by atomic mass is 32.2. The van der Waals surface area contributed by atoms with Gasteiger partial charge >= 0.3 is 0 Å². The van der Waals surface area contributed by atoms with Gasteiger partial charge in [-0.3, -0.25) is 0 Å². The smallest absolute Gasteiger partial charge is 0.241 e. The number of nitrogens with zero attached hydrogens (tertiary/aromatic N) is 2. The van der Waals surface area contributed by atoms with Crippen LogP contribution >= 0.6 is 0 Å². The molecule has 0 aliphatic rings. The number of rotatable bonds is 4. The molecule has 1 aromatic carbocycles. The number of benzene rings is 1. The van der Waals surface area contributed by atoms with Gasteiger partial charge in [0.1, 0.15) is 0 Å². The van der Waals surface area contributed by atoms with Crippen molar-refractivity contribution in [2.45, 2.75) is 18.4 Å². The van der Waals surface area contributed by atoms with Crippen molar-refractivity contribution in [2.24, 2.45) is 0 Å². The van der Waals surface area contributed by atoms with Crippen molar-refractivity contribution < 1.29 is 12.9 Å². The van der Waals surface area contributed by atoms with Gasteiger partial charge in [-0.1, -0.05) is 11.2 Å². The molecule has 0 saturated heterocycles. The van der Waals surface area contributed by atoms with Crippen LogP contribution < -0.4 is 4.72 Å². The Morgan fingerprint density at radius 1 is 1.42 bits per heavy atom. The van der Waals surface area contributed by atoms with E-state index >= 15 is 0 Å². The summed E-state index contributed by atoms with van der Waals surface area (Å²) in [4.78, 5) is 0.0889. The fraction of sp³-hybridized carbons (Fsp3) is 0.167. The quantitative estimate of drug-likeness (QED) is 0.909. The molecule has 1 heterocycles. The van der Waals surface area contributed by atoms with Crippen LogP contribution in [0, 0.1) is 18.3 Å². The van der Waals surface area contributed by atoms with Crippen LogP contribution in [0.5, 0.6) is 0 Å². The van der Waals surface area contributed by atoms with Gasteiger partial charge in [-0.25, -0.2) is 13.1 Å². The number of aryl methyl sites for hydroxylation is 1. The normalized spacial score (nSPS) is 11.2. The largest absolute Gasteiger partial charge is 0.360 e. The van der Waals surface area contributed by atoms with Gasteiger partial charge in [0.2, 0.25) is 10.0 Å². The van der Waals surface area contributed by atoms with E-state index in [1.165, 1.54) is 12.3 Å². The molecule has 0 saturated carbocycles. The molecule has 1 N–H and O–H groups in total. The molecule has 7 heteroatoms. The van der Waals surface area contributed by atoms with Crippen LogP contribution in [-0.2, 0) is 16.6 Å². The first-order valence-corrected chi connectivity index (χ1v) is 6.91. The lowest BCUT2D eigenvalue weighted by Crippen LogP contribution is -2.23. The molecule has 2 aromatic rings. The summed E-state index contributed by atoms with van der Waals surface area (Å²) < 4.78 is 31.5. The van der Waals surface area contributed by atoms with Gasteiger partial charge in [-0.15, -0.1) is 0 Å². The molecule has 0 unspecified atom stereocenters. The molecule has 0 fully saturated rings. The first-order chi connectivity index (χ1) is 9.03. The maximum atomic E-state index is 12.1. The predicted molar refractivity (Wildman–Crippen MR) is 66.4 cm³/mol. The van der Waals surface area contributed by atoms with Crippen LogP contribution in [0.1, 0.15) is 16.9 Å². The van der Waals surface area contributed by atoms with Gasteiger partial charge in [-0.2, -0.15) is 5.26 Å². The van der Waals surface area contributed by atoms with Gasteiger partial charge in [0.05, 0.1) is 29.3 Å². The first-order valence-electron chi connectivity index (χ1n) is 5.43. The Balaban J connectivity index is 2.27. The molecule has 0 aliphatic carbocycles. The Labute approximate surface area is 110 Å². The summed E-state index contributed by atoms with van der Waals surface area (Å²) in [5.74, 6) is 0.415. The van der Waals surface area contributed by atoms with Gasteiger partial charge in [-0.05, 0) is 24.6 Å². The van der Waals surface area contributed by atoms with E-state index in [0.717, 1.165) is 0 Å². The molecular weight excluding hydrogens is 266 g/mol. The Kier molecular flexibility index (Phi) is 3.64. The van der Waals surface area contributed by atoms with Crippen LogP contribution in [-0.4, -0.2) is 13.6 Å². The Bertz CT molecular complexity index is 715. The number of sulfonamides is 1. The van der Waals surface area contributed by atoms with Crippen molar-refractivity contribution in [2.75, 3.05) is 0 Å². The monoisotopic (exact) mass is 277 g/mol. The van der Waals surface area contributed by atoms with E-state index in [9.17, 15) is 8.42 Å². The van der Waals surface area contributed by atoms with Crippen molar-refractivity contribution >= 4 is 10.0 Å². The second-order valence-corrected chi connectivity index (χ2v) is 5.63. The molecule has 0 atom stereocenters. The molecule has 0 bridgehead atoms. The summed E-state index contributed by atoms with van der Waals surface area (Å²) in [6.45, 7) is 1.68. The predicted octanol–water partition coefficient (Wildman–Crippen LogP) is 1.33. The standard InChI is InChI=1S/C12H11N3O3S/c1-9-2-3-10(7-13)6-12(9)19(16,17)15-8-11-4-5-14-18-11/h2-6,15H,8H2,1H3. The number of hydrogen-bond acceptors (Lipinski definition) is 5. The SMILES string of the molecule is Cc1ccc(C#N)cc1S(=O)(=O)NCc1ccno1. The number of aromatic nitrogens is 1.